The Morgan fingerprint density at radius 1 is 1.15 bits per heavy atom. The van der Waals surface area contributed by atoms with Crippen molar-refractivity contribution in [2.45, 2.75) is 25.5 Å². The van der Waals surface area contributed by atoms with Crippen LogP contribution in [-0.4, -0.2) is 15.9 Å². The summed E-state index contributed by atoms with van der Waals surface area (Å²) in [6.45, 7) is 1.00. The summed E-state index contributed by atoms with van der Waals surface area (Å²) in [6.07, 6.45) is 4.33. The predicted octanol–water partition coefficient (Wildman–Crippen LogP) is 3.41. The number of benzene rings is 2. The average Bonchev–Trinajstić information content (AvgIpc) is 3.32. The zero-order valence-electron chi connectivity index (χ0n) is 14.4. The van der Waals surface area contributed by atoms with E-state index in [1.54, 1.807) is 12.4 Å². The van der Waals surface area contributed by atoms with Gasteiger partial charge < -0.3 is 15.0 Å². The topological polar surface area (TPSA) is 67.0 Å². The fourth-order valence-corrected chi connectivity index (χ4v) is 3.10. The van der Waals surface area contributed by atoms with E-state index in [2.05, 4.69) is 27.4 Å². The summed E-state index contributed by atoms with van der Waals surface area (Å²) >= 11 is 0. The van der Waals surface area contributed by atoms with Gasteiger partial charge >= 0.3 is 0 Å². The van der Waals surface area contributed by atoms with Crippen LogP contribution in [0.3, 0.4) is 0 Å². The van der Waals surface area contributed by atoms with Crippen LogP contribution in [0.4, 0.5) is 0 Å². The van der Waals surface area contributed by atoms with E-state index in [4.69, 9.17) is 4.74 Å². The van der Waals surface area contributed by atoms with Gasteiger partial charge in [0.15, 0.2) is 0 Å². The molecule has 0 radical (unpaired) electrons. The summed E-state index contributed by atoms with van der Waals surface area (Å²) in [4.78, 5) is 19.3. The monoisotopic (exact) mass is 347 g/mol. The van der Waals surface area contributed by atoms with Crippen molar-refractivity contribution in [3.05, 3.63) is 83.9 Å². The lowest BCUT2D eigenvalue weighted by atomic mass is 10.1. The number of carbonyl (C=O) groups excluding carboxylic acids is 1. The molecule has 1 amide bonds. The first-order valence-electron chi connectivity index (χ1n) is 8.82. The molecular weight excluding hydrogens is 326 g/mol. The van der Waals surface area contributed by atoms with Crippen molar-refractivity contribution < 1.29 is 9.53 Å². The Morgan fingerprint density at radius 3 is 2.69 bits per heavy atom. The number of aromatic amines is 1. The number of amides is 1. The number of aromatic nitrogens is 2. The molecule has 26 heavy (non-hydrogen) atoms. The minimum Gasteiger partial charge on any atom is -0.489 e. The van der Waals surface area contributed by atoms with Crippen molar-refractivity contribution in [2.24, 2.45) is 5.92 Å². The van der Waals surface area contributed by atoms with Gasteiger partial charge in [-0.15, -0.1) is 0 Å². The van der Waals surface area contributed by atoms with E-state index in [0.29, 0.717) is 19.1 Å². The van der Waals surface area contributed by atoms with Crippen molar-refractivity contribution in [2.75, 3.05) is 0 Å². The van der Waals surface area contributed by atoms with Crippen LogP contribution in [0, 0.1) is 5.92 Å². The molecule has 1 saturated carbocycles. The number of carbonyl (C=O) groups is 1. The molecule has 1 heterocycles. The van der Waals surface area contributed by atoms with Gasteiger partial charge in [0.2, 0.25) is 5.91 Å². The fourth-order valence-electron chi connectivity index (χ4n) is 3.10. The molecule has 0 aliphatic heterocycles. The van der Waals surface area contributed by atoms with E-state index in [1.165, 1.54) is 5.56 Å². The first-order chi connectivity index (χ1) is 12.8. The Kier molecular flexibility index (Phi) is 4.69. The molecular formula is C21H21N3O2. The number of hydrogen-bond donors (Lipinski definition) is 2. The van der Waals surface area contributed by atoms with E-state index in [1.807, 2.05) is 42.5 Å². The lowest BCUT2D eigenvalue weighted by Gasteiger charge is -2.07. The quantitative estimate of drug-likeness (QED) is 0.688. The highest BCUT2D eigenvalue weighted by atomic mass is 16.5. The molecule has 0 bridgehead atoms. The lowest BCUT2D eigenvalue weighted by molar-refractivity contribution is -0.122. The van der Waals surface area contributed by atoms with Crippen molar-refractivity contribution in [3.63, 3.8) is 0 Å². The van der Waals surface area contributed by atoms with Crippen LogP contribution in [0.2, 0.25) is 0 Å². The minimum atomic E-state index is 0.0565. The summed E-state index contributed by atoms with van der Waals surface area (Å²) in [7, 11) is 0. The molecule has 1 aromatic heterocycles. The zero-order chi connectivity index (χ0) is 17.8. The van der Waals surface area contributed by atoms with Crippen LogP contribution < -0.4 is 10.1 Å². The molecule has 1 fully saturated rings. The zero-order valence-corrected chi connectivity index (χ0v) is 14.4. The first kappa shape index (κ1) is 16.4. The smallest absolute Gasteiger partial charge is 0.224 e. The second-order valence-electron chi connectivity index (χ2n) is 6.55. The molecule has 0 unspecified atom stereocenters. The lowest BCUT2D eigenvalue weighted by Crippen LogP contribution is -2.25. The Morgan fingerprint density at radius 2 is 1.96 bits per heavy atom. The standard InChI is InChI=1S/C21H21N3O2/c25-21(24-13-20-22-10-11-23-20)19-12-18(19)16-6-8-17(9-7-16)26-14-15-4-2-1-3-5-15/h1-11,18-19H,12-14H2,(H,22,23)(H,24,25)/t18-,19-/m1/s1. The van der Waals surface area contributed by atoms with Crippen molar-refractivity contribution in [1.29, 1.82) is 0 Å². The van der Waals surface area contributed by atoms with Crippen LogP contribution in [-0.2, 0) is 17.9 Å². The maximum Gasteiger partial charge on any atom is 0.224 e. The first-order valence-corrected chi connectivity index (χ1v) is 8.82. The molecule has 2 aromatic carbocycles. The molecule has 0 saturated heterocycles. The van der Waals surface area contributed by atoms with Gasteiger partial charge in [0, 0.05) is 18.3 Å². The van der Waals surface area contributed by atoms with Gasteiger partial charge in [-0.2, -0.15) is 0 Å². The maximum atomic E-state index is 12.2. The van der Waals surface area contributed by atoms with Crippen molar-refractivity contribution in [3.8, 4) is 5.75 Å². The molecule has 1 aliphatic rings. The number of nitrogens with zero attached hydrogens (tertiary/aromatic N) is 1. The molecule has 0 spiro atoms. The number of imidazole rings is 1. The Balaban J connectivity index is 1.27. The highest BCUT2D eigenvalue weighted by Crippen LogP contribution is 2.47. The average molecular weight is 347 g/mol. The molecule has 5 heteroatoms. The highest BCUT2D eigenvalue weighted by molar-refractivity contribution is 5.82. The number of hydrogen-bond acceptors (Lipinski definition) is 3. The van der Waals surface area contributed by atoms with E-state index in [0.717, 1.165) is 23.6 Å². The van der Waals surface area contributed by atoms with Gasteiger partial charge in [-0.3, -0.25) is 4.79 Å². The third-order valence-corrected chi connectivity index (χ3v) is 4.67. The summed E-state index contributed by atoms with van der Waals surface area (Å²) in [5, 5.41) is 2.94. The summed E-state index contributed by atoms with van der Waals surface area (Å²) in [5.41, 5.74) is 2.34. The predicted molar refractivity (Wildman–Crippen MR) is 98.5 cm³/mol. The van der Waals surface area contributed by atoms with Crippen LogP contribution in [0.15, 0.2) is 67.0 Å². The van der Waals surface area contributed by atoms with Crippen LogP contribution >= 0.6 is 0 Å². The Labute approximate surface area is 152 Å². The Hall–Kier alpha value is -3.08. The molecule has 4 rings (SSSR count). The fraction of sp³-hybridized carbons (Fsp3) is 0.238. The summed E-state index contributed by atoms with van der Waals surface area (Å²) in [6, 6.07) is 18.2. The normalized spacial score (nSPS) is 18.3. The molecule has 2 N–H and O–H groups in total. The van der Waals surface area contributed by atoms with Crippen molar-refractivity contribution in [1.82, 2.24) is 15.3 Å². The maximum absolute atomic E-state index is 12.2. The van der Waals surface area contributed by atoms with Crippen LogP contribution in [0.1, 0.15) is 29.3 Å². The molecule has 3 aromatic rings. The highest BCUT2D eigenvalue weighted by Gasteiger charge is 2.43. The molecule has 5 nitrogen and oxygen atoms in total. The number of ether oxygens (including phenoxy) is 1. The van der Waals surface area contributed by atoms with Gasteiger partial charge in [-0.05, 0) is 35.6 Å². The third-order valence-electron chi connectivity index (χ3n) is 4.67. The van der Waals surface area contributed by atoms with E-state index in [9.17, 15) is 4.79 Å². The molecule has 2 atom stereocenters. The number of H-pyrrole nitrogens is 1. The van der Waals surface area contributed by atoms with E-state index in [-0.39, 0.29) is 11.8 Å². The van der Waals surface area contributed by atoms with E-state index < -0.39 is 0 Å². The summed E-state index contributed by atoms with van der Waals surface area (Å²) in [5.74, 6) is 2.07. The van der Waals surface area contributed by atoms with Gasteiger partial charge in [0.25, 0.3) is 0 Å². The Bertz CT molecular complexity index is 845. The van der Waals surface area contributed by atoms with Gasteiger partial charge in [0.05, 0.1) is 6.54 Å². The van der Waals surface area contributed by atoms with Crippen LogP contribution in [0.5, 0.6) is 5.75 Å². The second kappa shape index (κ2) is 7.44. The van der Waals surface area contributed by atoms with E-state index >= 15 is 0 Å². The molecule has 1 aliphatic carbocycles. The van der Waals surface area contributed by atoms with Gasteiger partial charge in [-0.25, -0.2) is 4.98 Å². The van der Waals surface area contributed by atoms with Crippen molar-refractivity contribution >= 4 is 5.91 Å². The number of rotatable bonds is 7. The van der Waals surface area contributed by atoms with Crippen LogP contribution in [0.25, 0.3) is 0 Å². The largest absolute Gasteiger partial charge is 0.489 e. The van der Waals surface area contributed by atoms with Gasteiger partial charge in [0.1, 0.15) is 18.2 Å². The SMILES string of the molecule is O=C(NCc1ncc[nH]1)[C@@H]1C[C@@H]1c1ccc(OCc2ccccc2)cc1. The number of nitrogens with one attached hydrogen (secondary N) is 2. The third kappa shape index (κ3) is 3.94. The second-order valence-corrected chi connectivity index (χ2v) is 6.55. The van der Waals surface area contributed by atoms with Gasteiger partial charge in [-0.1, -0.05) is 42.5 Å². The molecule has 132 valence electrons. The summed E-state index contributed by atoms with van der Waals surface area (Å²) < 4.78 is 5.81. The minimum absolute atomic E-state index is 0.0565.